The Morgan fingerprint density at radius 2 is 1.52 bits per heavy atom. The molecule has 7 nitrogen and oxygen atoms in total. The van der Waals surface area contributed by atoms with Crippen LogP contribution in [0.15, 0.2) is 36.4 Å². The van der Waals surface area contributed by atoms with Crippen molar-refractivity contribution >= 4 is 29.4 Å². The van der Waals surface area contributed by atoms with Gasteiger partial charge in [-0.3, -0.25) is 19.3 Å². The van der Waals surface area contributed by atoms with Crippen LogP contribution in [0.5, 0.6) is 0 Å². The van der Waals surface area contributed by atoms with Gasteiger partial charge in [0.15, 0.2) is 0 Å². The number of allylic oxidation sites excluding steroid dienone is 2. The monoisotopic (exact) mass is 422 g/mol. The number of anilines is 1. The van der Waals surface area contributed by atoms with E-state index in [0.717, 1.165) is 6.42 Å². The molecule has 31 heavy (non-hydrogen) atoms. The number of imide groups is 1. The van der Waals surface area contributed by atoms with Crippen LogP contribution >= 0.6 is 0 Å². The molecule has 4 aliphatic carbocycles. The molecule has 5 aliphatic rings. The van der Waals surface area contributed by atoms with Crippen LogP contribution in [0, 0.1) is 35.5 Å². The fourth-order valence-corrected chi connectivity index (χ4v) is 5.70. The number of amides is 3. The van der Waals surface area contributed by atoms with E-state index in [0.29, 0.717) is 23.1 Å². The number of likely N-dealkylation sites (tertiary alicyclic amines) is 1. The van der Waals surface area contributed by atoms with Gasteiger partial charge in [0, 0.05) is 5.69 Å². The molecule has 0 spiro atoms. The number of hydrogen-bond acceptors (Lipinski definition) is 5. The van der Waals surface area contributed by atoms with Gasteiger partial charge in [-0.15, -0.1) is 0 Å². The maximum Gasteiger partial charge on any atom is 0.338 e. The van der Waals surface area contributed by atoms with E-state index in [4.69, 9.17) is 4.74 Å². The predicted octanol–water partition coefficient (Wildman–Crippen LogP) is 2.63. The summed E-state index contributed by atoms with van der Waals surface area (Å²) in [5.41, 5.74) is 0.868. The zero-order valence-corrected chi connectivity index (χ0v) is 17.8. The highest BCUT2D eigenvalue weighted by Gasteiger charge is 2.67. The molecule has 3 fully saturated rings. The minimum absolute atomic E-state index is 0.134. The van der Waals surface area contributed by atoms with E-state index in [1.54, 1.807) is 45.0 Å². The van der Waals surface area contributed by atoms with Crippen LogP contribution in [0.4, 0.5) is 5.69 Å². The van der Waals surface area contributed by atoms with Crippen molar-refractivity contribution in [1.29, 1.82) is 0 Å². The number of ether oxygens (including phenoxy) is 1. The lowest BCUT2D eigenvalue weighted by molar-refractivity contribution is -0.146. The maximum absolute atomic E-state index is 13.1. The number of nitrogens with one attached hydrogen (secondary N) is 1. The van der Waals surface area contributed by atoms with Crippen molar-refractivity contribution in [2.24, 2.45) is 35.5 Å². The SMILES string of the molecule is CC(C)OC(=O)c1ccc(NC(=O)[C@@H](C)N2C(=O)[C@@H]3[C@@H]4C=C[C@H]([C@H]5C[C@H]45)[C@@H]3C2=O)cc1. The van der Waals surface area contributed by atoms with Gasteiger partial charge in [-0.25, -0.2) is 4.79 Å². The lowest BCUT2D eigenvalue weighted by atomic mass is 9.63. The number of carbonyl (C=O) groups excluding carboxylic acids is 4. The Hall–Kier alpha value is -2.96. The van der Waals surface area contributed by atoms with E-state index < -0.39 is 17.9 Å². The molecule has 7 heteroatoms. The van der Waals surface area contributed by atoms with Crippen LogP contribution in [0.2, 0.25) is 0 Å². The Morgan fingerprint density at radius 1 is 0.968 bits per heavy atom. The molecular formula is C24H26N2O5. The normalized spacial score (nSPS) is 33.2. The summed E-state index contributed by atoms with van der Waals surface area (Å²) in [7, 11) is 0. The van der Waals surface area contributed by atoms with Crippen LogP contribution in [0.25, 0.3) is 0 Å². The molecule has 0 aromatic heterocycles. The molecule has 6 rings (SSSR count). The van der Waals surface area contributed by atoms with Crippen LogP contribution < -0.4 is 5.32 Å². The second-order valence-corrected chi connectivity index (χ2v) is 9.40. The minimum Gasteiger partial charge on any atom is -0.459 e. The summed E-state index contributed by atoms with van der Waals surface area (Å²) in [5.74, 6) is -0.592. The zero-order chi connectivity index (χ0) is 22.0. The molecule has 0 unspecified atom stereocenters. The Kier molecular flexibility index (Phi) is 4.53. The first-order chi connectivity index (χ1) is 14.8. The number of benzene rings is 1. The van der Waals surface area contributed by atoms with E-state index in [9.17, 15) is 19.2 Å². The number of rotatable bonds is 5. The van der Waals surface area contributed by atoms with Crippen molar-refractivity contribution in [2.45, 2.75) is 39.3 Å². The lowest BCUT2D eigenvalue weighted by Crippen LogP contribution is -2.46. The van der Waals surface area contributed by atoms with Crippen molar-refractivity contribution in [3.05, 3.63) is 42.0 Å². The van der Waals surface area contributed by atoms with Gasteiger partial charge in [-0.05, 0) is 75.1 Å². The Balaban J connectivity index is 1.27. The second-order valence-electron chi connectivity index (χ2n) is 9.40. The standard InChI is InChI=1S/C24H26N2O5/c1-11(2)31-24(30)13-4-6-14(7-5-13)25-21(27)12(3)26-22(28)19-15-8-9-16(18-10-17(15)18)20(19)23(26)29/h4-9,11-12,15-20H,10H2,1-3H3,(H,25,27)/t12-,15-,16-,17-,18-,19-,20+/m1/s1. The van der Waals surface area contributed by atoms with Gasteiger partial charge in [-0.2, -0.15) is 0 Å². The van der Waals surface area contributed by atoms with E-state index in [2.05, 4.69) is 17.5 Å². The fourth-order valence-electron chi connectivity index (χ4n) is 5.70. The molecule has 7 atom stereocenters. The highest BCUT2D eigenvalue weighted by molar-refractivity contribution is 6.10. The summed E-state index contributed by atoms with van der Waals surface area (Å²) in [6.45, 7) is 5.14. The number of carbonyl (C=O) groups is 4. The highest BCUT2D eigenvalue weighted by atomic mass is 16.5. The molecule has 1 aromatic carbocycles. The van der Waals surface area contributed by atoms with Crippen molar-refractivity contribution in [3.8, 4) is 0 Å². The third-order valence-electron chi connectivity index (χ3n) is 7.19. The average Bonchev–Trinajstić information content (AvgIpc) is 3.51. The fraction of sp³-hybridized carbons (Fsp3) is 0.500. The van der Waals surface area contributed by atoms with Crippen molar-refractivity contribution in [1.82, 2.24) is 4.90 Å². The highest BCUT2D eigenvalue weighted by Crippen LogP contribution is 2.65. The Bertz CT molecular complexity index is 962. The van der Waals surface area contributed by atoms with Gasteiger partial charge < -0.3 is 10.1 Å². The molecular weight excluding hydrogens is 396 g/mol. The molecule has 3 amide bonds. The van der Waals surface area contributed by atoms with Gasteiger partial charge in [-0.1, -0.05) is 12.2 Å². The largest absolute Gasteiger partial charge is 0.459 e. The topological polar surface area (TPSA) is 92.8 Å². The van der Waals surface area contributed by atoms with Crippen molar-refractivity contribution in [3.63, 3.8) is 0 Å². The zero-order valence-electron chi connectivity index (χ0n) is 17.8. The molecule has 2 bridgehead atoms. The Morgan fingerprint density at radius 3 is 2.03 bits per heavy atom. The third kappa shape index (κ3) is 3.09. The summed E-state index contributed by atoms with van der Waals surface area (Å²) < 4.78 is 5.15. The first-order valence-corrected chi connectivity index (χ1v) is 10.9. The molecule has 0 radical (unpaired) electrons. The lowest BCUT2D eigenvalue weighted by Gasteiger charge is -2.37. The molecule has 1 heterocycles. The summed E-state index contributed by atoms with van der Waals surface area (Å²) in [5, 5.41) is 2.75. The summed E-state index contributed by atoms with van der Waals surface area (Å²) >= 11 is 0. The molecule has 1 saturated heterocycles. The quantitative estimate of drug-likeness (QED) is 0.447. The van der Waals surface area contributed by atoms with Gasteiger partial charge in [0.2, 0.25) is 17.7 Å². The van der Waals surface area contributed by atoms with Crippen LogP contribution in [0.1, 0.15) is 37.6 Å². The van der Waals surface area contributed by atoms with Gasteiger partial charge in [0.25, 0.3) is 0 Å². The number of nitrogens with zero attached hydrogens (tertiary/aromatic N) is 1. The van der Waals surface area contributed by atoms with E-state index in [-0.39, 0.29) is 41.6 Å². The first-order valence-electron chi connectivity index (χ1n) is 10.9. The number of esters is 1. The van der Waals surface area contributed by atoms with Crippen LogP contribution in [-0.2, 0) is 19.1 Å². The predicted molar refractivity (Wildman–Crippen MR) is 112 cm³/mol. The first kappa shape index (κ1) is 20.0. The summed E-state index contributed by atoms with van der Waals surface area (Å²) in [4.78, 5) is 52.3. The van der Waals surface area contributed by atoms with E-state index in [1.807, 2.05) is 0 Å². The van der Waals surface area contributed by atoms with Gasteiger partial charge in [0.05, 0.1) is 23.5 Å². The molecule has 2 saturated carbocycles. The van der Waals surface area contributed by atoms with E-state index >= 15 is 0 Å². The van der Waals surface area contributed by atoms with E-state index in [1.165, 1.54) is 4.90 Å². The molecule has 1 N–H and O–H groups in total. The smallest absolute Gasteiger partial charge is 0.338 e. The Labute approximate surface area is 180 Å². The molecule has 1 aliphatic heterocycles. The minimum atomic E-state index is -0.896. The second kappa shape index (κ2) is 7.04. The number of hydrogen-bond donors (Lipinski definition) is 1. The van der Waals surface area contributed by atoms with Crippen molar-refractivity contribution < 1.29 is 23.9 Å². The van der Waals surface area contributed by atoms with Gasteiger partial charge >= 0.3 is 5.97 Å². The third-order valence-corrected chi connectivity index (χ3v) is 7.19. The molecule has 1 aromatic rings. The maximum atomic E-state index is 13.1. The summed E-state index contributed by atoms with van der Waals surface area (Å²) in [6.07, 6.45) is 5.12. The van der Waals surface area contributed by atoms with Crippen LogP contribution in [0.3, 0.4) is 0 Å². The van der Waals surface area contributed by atoms with Crippen molar-refractivity contribution in [2.75, 3.05) is 5.32 Å². The van der Waals surface area contributed by atoms with Gasteiger partial charge in [0.1, 0.15) is 6.04 Å². The average molecular weight is 422 g/mol. The van der Waals surface area contributed by atoms with Crippen LogP contribution in [-0.4, -0.2) is 40.7 Å². The summed E-state index contributed by atoms with van der Waals surface area (Å²) in [6, 6.07) is 5.45. The molecule has 162 valence electrons.